The summed E-state index contributed by atoms with van der Waals surface area (Å²) in [5.41, 5.74) is 4.91. The van der Waals surface area contributed by atoms with Crippen molar-refractivity contribution in [2.24, 2.45) is 7.05 Å². The third-order valence-corrected chi connectivity index (χ3v) is 4.48. The molecule has 0 saturated carbocycles. The van der Waals surface area contributed by atoms with E-state index in [0.717, 1.165) is 18.5 Å². The lowest BCUT2D eigenvalue weighted by Crippen LogP contribution is -2.24. The van der Waals surface area contributed by atoms with Gasteiger partial charge in [-0.1, -0.05) is 18.2 Å². The van der Waals surface area contributed by atoms with Crippen LogP contribution in [0, 0.1) is 0 Å². The molecule has 0 fully saturated rings. The zero-order valence-corrected chi connectivity index (χ0v) is 12.2. The fourth-order valence-electron chi connectivity index (χ4n) is 3.32. The van der Waals surface area contributed by atoms with E-state index in [1.807, 2.05) is 36.3 Å². The first-order chi connectivity index (χ1) is 10.3. The Hall–Kier alpha value is -2.07. The number of para-hydroxylation sites is 1. The number of furan rings is 1. The van der Waals surface area contributed by atoms with Crippen molar-refractivity contribution in [1.29, 1.82) is 0 Å². The minimum Gasteiger partial charge on any atom is -0.464 e. The van der Waals surface area contributed by atoms with E-state index >= 15 is 0 Å². The summed E-state index contributed by atoms with van der Waals surface area (Å²) in [4.78, 5) is 0. The van der Waals surface area contributed by atoms with Crippen molar-refractivity contribution in [3.8, 4) is 0 Å². The quantitative estimate of drug-likeness (QED) is 0.800. The Morgan fingerprint density at radius 2 is 2.29 bits per heavy atom. The number of aromatic nitrogens is 2. The summed E-state index contributed by atoms with van der Waals surface area (Å²) in [7, 11) is 2.03. The van der Waals surface area contributed by atoms with Crippen molar-refractivity contribution in [2.75, 3.05) is 0 Å². The van der Waals surface area contributed by atoms with Crippen LogP contribution in [0.2, 0.25) is 0 Å². The lowest BCUT2D eigenvalue weighted by molar-refractivity contribution is 0.451. The highest BCUT2D eigenvalue weighted by molar-refractivity contribution is 5.80. The van der Waals surface area contributed by atoms with Gasteiger partial charge in [-0.15, -0.1) is 0 Å². The Balaban J connectivity index is 1.55. The highest BCUT2D eigenvalue weighted by atomic mass is 16.3. The summed E-state index contributed by atoms with van der Waals surface area (Å²) >= 11 is 0. The van der Waals surface area contributed by atoms with E-state index in [0.29, 0.717) is 6.04 Å². The Labute approximate surface area is 123 Å². The maximum absolute atomic E-state index is 5.61. The molecule has 2 aromatic heterocycles. The Morgan fingerprint density at radius 1 is 1.38 bits per heavy atom. The van der Waals surface area contributed by atoms with Crippen LogP contribution in [0.25, 0.3) is 11.0 Å². The lowest BCUT2D eigenvalue weighted by Gasteiger charge is -2.23. The van der Waals surface area contributed by atoms with E-state index < -0.39 is 0 Å². The fraction of sp³-hybridized carbons (Fsp3) is 0.353. The lowest BCUT2D eigenvalue weighted by atomic mass is 9.93. The van der Waals surface area contributed by atoms with Crippen LogP contribution in [0.1, 0.15) is 35.7 Å². The predicted molar refractivity (Wildman–Crippen MR) is 81.9 cm³/mol. The van der Waals surface area contributed by atoms with Gasteiger partial charge in [-0.2, -0.15) is 5.10 Å². The third kappa shape index (κ3) is 2.16. The van der Waals surface area contributed by atoms with Gasteiger partial charge in [-0.3, -0.25) is 4.68 Å². The molecule has 1 unspecified atom stereocenters. The summed E-state index contributed by atoms with van der Waals surface area (Å²) in [6.07, 6.45) is 7.41. The Kier molecular flexibility index (Phi) is 3.04. The van der Waals surface area contributed by atoms with Crippen molar-refractivity contribution >= 4 is 11.0 Å². The second-order valence-electron chi connectivity index (χ2n) is 5.75. The summed E-state index contributed by atoms with van der Waals surface area (Å²) in [5, 5.41) is 9.28. The maximum atomic E-state index is 5.61. The van der Waals surface area contributed by atoms with Gasteiger partial charge in [-0.05, 0) is 25.3 Å². The first kappa shape index (κ1) is 12.7. The number of rotatable bonds is 3. The minimum atomic E-state index is 0.399. The normalized spacial score (nSPS) is 18.0. The molecule has 1 aliphatic carbocycles. The highest BCUT2D eigenvalue weighted by Crippen LogP contribution is 2.30. The van der Waals surface area contributed by atoms with Gasteiger partial charge in [0, 0.05) is 41.8 Å². The smallest absolute Gasteiger partial charge is 0.134 e. The van der Waals surface area contributed by atoms with Crippen molar-refractivity contribution in [3.63, 3.8) is 0 Å². The van der Waals surface area contributed by atoms with Gasteiger partial charge in [0.15, 0.2) is 0 Å². The first-order valence-corrected chi connectivity index (χ1v) is 7.52. The second-order valence-corrected chi connectivity index (χ2v) is 5.75. The van der Waals surface area contributed by atoms with E-state index in [9.17, 15) is 0 Å². The van der Waals surface area contributed by atoms with Gasteiger partial charge in [0.25, 0.3) is 0 Å². The molecule has 0 bridgehead atoms. The number of nitrogens with one attached hydrogen (secondary N) is 1. The zero-order chi connectivity index (χ0) is 14.2. The van der Waals surface area contributed by atoms with Crippen LogP contribution in [0.3, 0.4) is 0 Å². The molecule has 1 aromatic carbocycles. The predicted octanol–water partition coefficient (Wildman–Crippen LogP) is 3.33. The van der Waals surface area contributed by atoms with E-state index in [-0.39, 0.29) is 0 Å². The van der Waals surface area contributed by atoms with Crippen LogP contribution in [-0.2, 0) is 20.0 Å². The van der Waals surface area contributed by atoms with Crippen molar-refractivity contribution in [2.45, 2.75) is 31.8 Å². The van der Waals surface area contributed by atoms with Crippen molar-refractivity contribution in [1.82, 2.24) is 15.1 Å². The highest BCUT2D eigenvalue weighted by Gasteiger charge is 2.23. The van der Waals surface area contributed by atoms with Crippen molar-refractivity contribution < 1.29 is 4.42 Å². The first-order valence-electron chi connectivity index (χ1n) is 7.52. The number of hydrogen-bond donors (Lipinski definition) is 1. The van der Waals surface area contributed by atoms with Crippen LogP contribution in [0.15, 0.2) is 41.1 Å². The van der Waals surface area contributed by atoms with Crippen LogP contribution in [-0.4, -0.2) is 9.78 Å². The molecule has 21 heavy (non-hydrogen) atoms. The van der Waals surface area contributed by atoms with Gasteiger partial charge in [0.2, 0.25) is 0 Å². The van der Waals surface area contributed by atoms with Gasteiger partial charge >= 0.3 is 0 Å². The summed E-state index contributed by atoms with van der Waals surface area (Å²) < 4.78 is 7.62. The van der Waals surface area contributed by atoms with E-state index in [4.69, 9.17) is 4.42 Å². The number of hydrogen-bond acceptors (Lipinski definition) is 3. The summed E-state index contributed by atoms with van der Waals surface area (Å²) in [5.74, 6) is 0. The SMILES string of the molecule is Cn1ncc2c1CCCC2NCc1coc2ccccc12. The number of fused-ring (bicyclic) bond motifs is 2. The van der Waals surface area contributed by atoms with Gasteiger partial charge < -0.3 is 9.73 Å². The molecule has 0 amide bonds. The van der Waals surface area contributed by atoms with Crippen LogP contribution >= 0.6 is 0 Å². The minimum absolute atomic E-state index is 0.399. The molecular formula is C17H19N3O. The Morgan fingerprint density at radius 3 is 3.24 bits per heavy atom. The maximum Gasteiger partial charge on any atom is 0.134 e. The topological polar surface area (TPSA) is 43.0 Å². The molecule has 0 spiro atoms. The molecule has 2 heterocycles. The van der Waals surface area contributed by atoms with Crippen LogP contribution in [0.4, 0.5) is 0 Å². The molecule has 1 atom stereocenters. The second kappa shape index (κ2) is 5.04. The largest absolute Gasteiger partial charge is 0.464 e. The molecule has 1 N–H and O–H groups in total. The summed E-state index contributed by atoms with van der Waals surface area (Å²) in [6, 6.07) is 8.59. The third-order valence-electron chi connectivity index (χ3n) is 4.48. The van der Waals surface area contributed by atoms with Gasteiger partial charge in [-0.25, -0.2) is 0 Å². The van der Waals surface area contributed by atoms with E-state index in [1.54, 1.807) is 0 Å². The van der Waals surface area contributed by atoms with Gasteiger partial charge in [0.05, 0.1) is 12.5 Å². The average Bonchev–Trinajstić information content (AvgIpc) is 3.10. The Bertz CT molecular complexity index is 771. The van der Waals surface area contributed by atoms with E-state index in [2.05, 4.69) is 22.5 Å². The number of aryl methyl sites for hydroxylation is 1. The average molecular weight is 281 g/mol. The molecule has 4 rings (SSSR count). The molecule has 3 aromatic rings. The van der Waals surface area contributed by atoms with E-state index in [1.165, 1.54) is 35.0 Å². The van der Waals surface area contributed by atoms with Crippen LogP contribution in [0.5, 0.6) is 0 Å². The number of nitrogens with zero attached hydrogens (tertiary/aromatic N) is 2. The molecule has 1 aliphatic rings. The monoisotopic (exact) mass is 281 g/mol. The molecule has 4 heteroatoms. The molecule has 108 valence electrons. The molecule has 0 saturated heterocycles. The molecule has 0 aliphatic heterocycles. The molecule has 0 radical (unpaired) electrons. The zero-order valence-electron chi connectivity index (χ0n) is 12.2. The molecule has 4 nitrogen and oxygen atoms in total. The fourth-order valence-corrected chi connectivity index (χ4v) is 3.32. The van der Waals surface area contributed by atoms with Gasteiger partial charge in [0.1, 0.15) is 5.58 Å². The molecular weight excluding hydrogens is 262 g/mol. The van der Waals surface area contributed by atoms with Crippen LogP contribution < -0.4 is 5.32 Å². The summed E-state index contributed by atoms with van der Waals surface area (Å²) in [6.45, 7) is 0.829. The van der Waals surface area contributed by atoms with Crippen molar-refractivity contribution in [3.05, 3.63) is 53.5 Å². The number of benzene rings is 1. The standard InChI is InChI=1S/C17H19N3O/c1-20-16-7-4-6-15(14(16)10-19-20)18-9-12-11-21-17-8-3-2-5-13(12)17/h2-3,5,8,10-11,15,18H,4,6-7,9H2,1H3.